The van der Waals surface area contributed by atoms with Crippen molar-refractivity contribution in [3.63, 3.8) is 0 Å². The van der Waals surface area contributed by atoms with Crippen LogP contribution in [0.5, 0.6) is 0 Å². The Kier molecular flexibility index (Phi) is 2.87. The summed E-state index contributed by atoms with van der Waals surface area (Å²) in [5.41, 5.74) is 8.85. The van der Waals surface area contributed by atoms with Crippen LogP contribution in [0, 0.1) is 5.92 Å². The van der Waals surface area contributed by atoms with Crippen LogP contribution in [-0.4, -0.2) is 6.54 Å². The number of nitrogens with two attached hydrogens (primary N) is 1. The maximum Gasteiger partial charge on any atom is -0.000546 e. The maximum absolute atomic E-state index is 5.87. The highest BCUT2D eigenvalue weighted by Gasteiger charge is 2.31. The van der Waals surface area contributed by atoms with Crippen LogP contribution in [-0.2, 0) is 6.42 Å². The number of benzene rings is 1. The normalized spacial score (nSPS) is 18.1. The van der Waals surface area contributed by atoms with E-state index < -0.39 is 0 Å². The molecule has 1 atom stereocenters. The molecular formula is C13H19N. The third kappa shape index (κ3) is 1.83. The van der Waals surface area contributed by atoms with E-state index >= 15 is 0 Å². The standard InChI is InChI=1S/C13H19N/c1-2-10-5-3-4-6-12(10)13(9-14)11-7-8-11/h3-6,11,13H,2,7-9,14H2,1H3. The molecule has 0 amide bonds. The van der Waals surface area contributed by atoms with Crippen molar-refractivity contribution in [1.82, 2.24) is 0 Å². The zero-order valence-corrected chi connectivity index (χ0v) is 8.87. The summed E-state index contributed by atoms with van der Waals surface area (Å²) in [6.07, 6.45) is 3.87. The van der Waals surface area contributed by atoms with Gasteiger partial charge in [-0.25, -0.2) is 0 Å². The van der Waals surface area contributed by atoms with Gasteiger partial charge in [0.1, 0.15) is 0 Å². The van der Waals surface area contributed by atoms with Gasteiger partial charge in [-0.3, -0.25) is 0 Å². The second-order valence-corrected chi connectivity index (χ2v) is 4.23. The van der Waals surface area contributed by atoms with E-state index in [-0.39, 0.29) is 0 Å². The molecule has 0 heterocycles. The Morgan fingerprint density at radius 3 is 2.64 bits per heavy atom. The van der Waals surface area contributed by atoms with E-state index in [4.69, 9.17) is 5.73 Å². The van der Waals surface area contributed by atoms with Gasteiger partial charge in [0.15, 0.2) is 0 Å². The highest BCUT2D eigenvalue weighted by Crippen LogP contribution is 2.42. The van der Waals surface area contributed by atoms with Gasteiger partial charge in [0.2, 0.25) is 0 Å². The van der Waals surface area contributed by atoms with Crippen molar-refractivity contribution in [2.24, 2.45) is 11.7 Å². The molecule has 14 heavy (non-hydrogen) atoms. The Hall–Kier alpha value is -0.820. The minimum Gasteiger partial charge on any atom is -0.330 e. The molecule has 0 aromatic heterocycles. The quantitative estimate of drug-likeness (QED) is 0.774. The molecule has 1 aromatic carbocycles. The Bertz CT molecular complexity index is 302. The lowest BCUT2D eigenvalue weighted by molar-refractivity contribution is 0.610. The van der Waals surface area contributed by atoms with E-state index in [1.807, 2.05) is 0 Å². The minimum atomic E-state index is 0.617. The molecule has 0 aliphatic heterocycles. The summed E-state index contributed by atoms with van der Waals surface area (Å²) in [5, 5.41) is 0. The Balaban J connectivity index is 2.27. The van der Waals surface area contributed by atoms with Crippen molar-refractivity contribution in [2.75, 3.05) is 6.54 Å². The van der Waals surface area contributed by atoms with Crippen molar-refractivity contribution < 1.29 is 0 Å². The number of hydrogen-bond acceptors (Lipinski definition) is 1. The van der Waals surface area contributed by atoms with Gasteiger partial charge in [0.25, 0.3) is 0 Å². The average molecular weight is 189 g/mol. The van der Waals surface area contributed by atoms with Gasteiger partial charge < -0.3 is 5.73 Å². The molecule has 1 heteroatoms. The molecule has 1 unspecified atom stereocenters. The van der Waals surface area contributed by atoms with Gasteiger partial charge in [-0.2, -0.15) is 0 Å². The van der Waals surface area contributed by atoms with Crippen LogP contribution in [0.1, 0.15) is 36.8 Å². The van der Waals surface area contributed by atoms with E-state index in [9.17, 15) is 0 Å². The van der Waals surface area contributed by atoms with Crippen LogP contribution in [0.2, 0.25) is 0 Å². The summed E-state index contributed by atoms with van der Waals surface area (Å²) in [6.45, 7) is 3.03. The Labute approximate surface area is 86.3 Å². The third-order valence-corrected chi connectivity index (χ3v) is 3.28. The molecule has 1 nitrogen and oxygen atoms in total. The molecular weight excluding hydrogens is 170 g/mol. The van der Waals surface area contributed by atoms with Gasteiger partial charge in [0, 0.05) is 0 Å². The molecule has 0 spiro atoms. The first-order valence-electron chi connectivity index (χ1n) is 5.64. The summed E-state index contributed by atoms with van der Waals surface area (Å²) in [7, 11) is 0. The smallest absolute Gasteiger partial charge is 0.000546 e. The fourth-order valence-electron chi connectivity index (χ4n) is 2.29. The van der Waals surface area contributed by atoms with Gasteiger partial charge in [-0.1, -0.05) is 31.2 Å². The lowest BCUT2D eigenvalue weighted by Crippen LogP contribution is -2.15. The van der Waals surface area contributed by atoms with Crippen LogP contribution in [0.3, 0.4) is 0 Å². The highest BCUT2D eigenvalue weighted by atomic mass is 14.6. The van der Waals surface area contributed by atoms with Crippen LogP contribution in [0.15, 0.2) is 24.3 Å². The van der Waals surface area contributed by atoms with Gasteiger partial charge in [-0.05, 0) is 48.8 Å². The number of aryl methyl sites for hydroxylation is 1. The van der Waals surface area contributed by atoms with E-state index in [0.717, 1.165) is 18.9 Å². The first-order valence-corrected chi connectivity index (χ1v) is 5.64. The topological polar surface area (TPSA) is 26.0 Å². The van der Waals surface area contributed by atoms with Crippen molar-refractivity contribution in [1.29, 1.82) is 0 Å². The lowest BCUT2D eigenvalue weighted by atomic mass is 9.89. The molecule has 76 valence electrons. The molecule has 1 aromatic rings. The largest absolute Gasteiger partial charge is 0.330 e. The number of hydrogen-bond donors (Lipinski definition) is 1. The molecule has 0 saturated heterocycles. The van der Waals surface area contributed by atoms with Crippen molar-refractivity contribution in [2.45, 2.75) is 32.1 Å². The van der Waals surface area contributed by atoms with Crippen LogP contribution < -0.4 is 5.73 Å². The van der Waals surface area contributed by atoms with Crippen LogP contribution in [0.25, 0.3) is 0 Å². The highest BCUT2D eigenvalue weighted by molar-refractivity contribution is 5.32. The first-order chi connectivity index (χ1) is 6.86. The fraction of sp³-hybridized carbons (Fsp3) is 0.538. The fourth-order valence-corrected chi connectivity index (χ4v) is 2.29. The summed E-state index contributed by atoms with van der Waals surface area (Å²) in [6, 6.07) is 8.76. The SMILES string of the molecule is CCc1ccccc1C(CN)C1CC1. The molecule has 1 aliphatic carbocycles. The molecule has 0 radical (unpaired) electrons. The monoisotopic (exact) mass is 189 g/mol. The van der Waals surface area contributed by atoms with E-state index in [1.165, 1.54) is 24.0 Å². The second kappa shape index (κ2) is 4.14. The predicted molar refractivity (Wildman–Crippen MR) is 60.3 cm³/mol. The van der Waals surface area contributed by atoms with Crippen LogP contribution >= 0.6 is 0 Å². The second-order valence-electron chi connectivity index (χ2n) is 4.23. The molecule has 2 N–H and O–H groups in total. The molecule has 0 bridgehead atoms. The zero-order valence-electron chi connectivity index (χ0n) is 8.87. The molecule has 1 fully saturated rings. The van der Waals surface area contributed by atoms with E-state index in [2.05, 4.69) is 31.2 Å². The van der Waals surface area contributed by atoms with Crippen LogP contribution in [0.4, 0.5) is 0 Å². The maximum atomic E-state index is 5.87. The number of rotatable bonds is 4. The van der Waals surface area contributed by atoms with E-state index in [1.54, 1.807) is 0 Å². The molecule has 1 saturated carbocycles. The Morgan fingerprint density at radius 1 is 1.36 bits per heavy atom. The summed E-state index contributed by atoms with van der Waals surface area (Å²) in [4.78, 5) is 0. The molecule has 1 aliphatic rings. The van der Waals surface area contributed by atoms with Gasteiger partial charge in [0.05, 0.1) is 0 Å². The third-order valence-electron chi connectivity index (χ3n) is 3.28. The predicted octanol–water partition coefficient (Wildman–Crippen LogP) is 2.70. The van der Waals surface area contributed by atoms with Crippen molar-refractivity contribution in [3.05, 3.63) is 35.4 Å². The van der Waals surface area contributed by atoms with E-state index in [0.29, 0.717) is 5.92 Å². The summed E-state index contributed by atoms with van der Waals surface area (Å²) >= 11 is 0. The van der Waals surface area contributed by atoms with Gasteiger partial charge in [-0.15, -0.1) is 0 Å². The Morgan fingerprint density at radius 2 is 2.07 bits per heavy atom. The minimum absolute atomic E-state index is 0.617. The molecule has 2 rings (SSSR count). The van der Waals surface area contributed by atoms with Gasteiger partial charge >= 0.3 is 0 Å². The average Bonchev–Trinajstić information content (AvgIpc) is 3.04. The summed E-state index contributed by atoms with van der Waals surface area (Å²) < 4.78 is 0. The zero-order chi connectivity index (χ0) is 9.97. The lowest BCUT2D eigenvalue weighted by Gasteiger charge is -2.17. The first kappa shape index (κ1) is 9.72. The van der Waals surface area contributed by atoms with Crippen molar-refractivity contribution in [3.8, 4) is 0 Å². The summed E-state index contributed by atoms with van der Waals surface area (Å²) in [5.74, 6) is 1.49. The van der Waals surface area contributed by atoms with Crippen molar-refractivity contribution >= 4 is 0 Å².